The molecule has 0 atom stereocenters. The number of carbonyl (C=O) groups is 2. The highest BCUT2D eigenvalue weighted by molar-refractivity contribution is 6.30. The van der Waals surface area contributed by atoms with Crippen LogP contribution in [0, 0.1) is 5.41 Å². The number of halogens is 1. The average Bonchev–Trinajstić information content (AvgIpc) is 2.46. The molecule has 3 N–H and O–H groups in total. The predicted molar refractivity (Wildman–Crippen MR) is 98.6 cm³/mol. The summed E-state index contributed by atoms with van der Waals surface area (Å²) in [6.07, 6.45) is 0. The molecule has 0 spiro atoms. The second kappa shape index (κ2) is 7.36. The molecule has 0 saturated carbocycles. The second-order valence-electron chi connectivity index (χ2n) is 6.37. The van der Waals surface area contributed by atoms with Gasteiger partial charge >= 0.3 is 6.03 Å². The van der Waals surface area contributed by atoms with Gasteiger partial charge in [-0.1, -0.05) is 44.5 Å². The van der Waals surface area contributed by atoms with Crippen molar-refractivity contribution >= 4 is 40.6 Å². The molecule has 2 aromatic rings. The Kier molecular flexibility index (Phi) is 5.46. The van der Waals surface area contributed by atoms with Gasteiger partial charge in [0.1, 0.15) is 0 Å². The maximum absolute atomic E-state index is 12.0. The lowest BCUT2D eigenvalue weighted by molar-refractivity contribution is -0.123. The van der Waals surface area contributed by atoms with E-state index < -0.39 is 11.4 Å². The molecule has 0 bridgehead atoms. The molecular formula is C18H20ClN3O2. The van der Waals surface area contributed by atoms with Crippen molar-refractivity contribution in [3.8, 4) is 0 Å². The smallest absolute Gasteiger partial charge is 0.323 e. The monoisotopic (exact) mass is 345 g/mol. The maximum atomic E-state index is 12.0. The predicted octanol–water partition coefficient (Wildman–Crippen LogP) is 4.97. The number of rotatable bonds is 3. The van der Waals surface area contributed by atoms with Crippen LogP contribution in [-0.4, -0.2) is 11.9 Å². The Balaban J connectivity index is 2.01. The van der Waals surface area contributed by atoms with Gasteiger partial charge in [0.25, 0.3) is 0 Å². The van der Waals surface area contributed by atoms with Crippen LogP contribution >= 0.6 is 11.6 Å². The van der Waals surface area contributed by atoms with Gasteiger partial charge in [-0.25, -0.2) is 4.79 Å². The van der Waals surface area contributed by atoms with Gasteiger partial charge in [0.2, 0.25) is 5.91 Å². The molecular weight excluding hydrogens is 326 g/mol. The molecule has 126 valence electrons. The van der Waals surface area contributed by atoms with Crippen LogP contribution in [0.2, 0.25) is 5.02 Å². The zero-order valence-corrected chi connectivity index (χ0v) is 14.6. The quantitative estimate of drug-likeness (QED) is 0.735. The maximum Gasteiger partial charge on any atom is 0.323 e. The standard InChI is InChI=1S/C18H20ClN3O2/c1-18(2,3)16(23)20-14-8-5-9-15(11-14)22-17(24)21-13-7-4-6-12(19)10-13/h4-11H,1-3H3,(H,20,23)(H2,21,22,24). The second-order valence-corrected chi connectivity index (χ2v) is 6.81. The van der Waals surface area contributed by atoms with E-state index >= 15 is 0 Å². The third-order valence-corrected chi connectivity index (χ3v) is 3.38. The van der Waals surface area contributed by atoms with Gasteiger partial charge < -0.3 is 16.0 Å². The fraction of sp³-hybridized carbons (Fsp3) is 0.222. The van der Waals surface area contributed by atoms with E-state index in [1.165, 1.54) is 0 Å². The Morgan fingerprint density at radius 1 is 0.833 bits per heavy atom. The van der Waals surface area contributed by atoms with E-state index in [9.17, 15) is 9.59 Å². The third-order valence-electron chi connectivity index (χ3n) is 3.14. The van der Waals surface area contributed by atoms with E-state index in [-0.39, 0.29) is 5.91 Å². The van der Waals surface area contributed by atoms with Gasteiger partial charge in [0.05, 0.1) is 0 Å². The largest absolute Gasteiger partial charge is 0.326 e. The first-order valence-electron chi connectivity index (χ1n) is 7.49. The number of anilines is 3. The highest BCUT2D eigenvalue weighted by Crippen LogP contribution is 2.20. The number of benzene rings is 2. The lowest BCUT2D eigenvalue weighted by Gasteiger charge is -2.18. The van der Waals surface area contributed by atoms with Crippen LogP contribution in [-0.2, 0) is 4.79 Å². The van der Waals surface area contributed by atoms with Crippen LogP contribution < -0.4 is 16.0 Å². The van der Waals surface area contributed by atoms with E-state index in [0.717, 1.165) is 0 Å². The summed E-state index contributed by atoms with van der Waals surface area (Å²) < 4.78 is 0. The van der Waals surface area contributed by atoms with Crippen molar-refractivity contribution in [1.82, 2.24) is 0 Å². The Hall–Kier alpha value is -2.53. The minimum absolute atomic E-state index is 0.0944. The van der Waals surface area contributed by atoms with Gasteiger partial charge in [-0.2, -0.15) is 0 Å². The molecule has 0 fully saturated rings. The number of hydrogen-bond donors (Lipinski definition) is 3. The minimum Gasteiger partial charge on any atom is -0.326 e. The molecule has 0 aromatic heterocycles. The van der Waals surface area contributed by atoms with E-state index in [0.29, 0.717) is 22.1 Å². The van der Waals surface area contributed by atoms with E-state index in [4.69, 9.17) is 11.6 Å². The van der Waals surface area contributed by atoms with Crippen molar-refractivity contribution in [2.45, 2.75) is 20.8 Å². The minimum atomic E-state index is -0.493. The van der Waals surface area contributed by atoms with Gasteiger partial charge in [0, 0.05) is 27.5 Å². The summed E-state index contributed by atoms with van der Waals surface area (Å²) >= 11 is 5.88. The fourth-order valence-corrected chi connectivity index (χ4v) is 2.04. The van der Waals surface area contributed by atoms with Crippen molar-refractivity contribution in [2.75, 3.05) is 16.0 Å². The molecule has 0 aliphatic rings. The van der Waals surface area contributed by atoms with E-state index in [2.05, 4.69) is 16.0 Å². The summed E-state index contributed by atoms with van der Waals surface area (Å²) in [5.74, 6) is -0.0944. The molecule has 0 aliphatic heterocycles. The fourth-order valence-electron chi connectivity index (χ4n) is 1.85. The Morgan fingerprint density at radius 3 is 1.88 bits per heavy atom. The van der Waals surface area contributed by atoms with Gasteiger partial charge in [-0.05, 0) is 36.4 Å². The number of carbonyl (C=O) groups excluding carboxylic acids is 2. The van der Waals surface area contributed by atoms with Crippen LogP contribution in [0.15, 0.2) is 48.5 Å². The van der Waals surface area contributed by atoms with Gasteiger partial charge in [-0.3, -0.25) is 4.79 Å². The molecule has 24 heavy (non-hydrogen) atoms. The van der Waals surface area contributed by atoms with Crippen molar-refractivity contribution < 1.29 is 9.59 Å². The Bertz CT molecular complexity index is 754. The van der Waals surface area contributed by atoms with Crippen molar-refractivity contribution in [3.05, 3.63) is 53.6 Å². The number of nitrogens with one attached hydrogen (secondary N) is 3. The first-order chi connectivity index (χ1) is 11.2. The Morgan fingerprint density at radius 2 is 1.33 bits per heavy atom. The molecule has 0 saturated heterocycles. The van der Waals surface area contributed by atoms with Crippen LogP contribution in [0.25, 0.3) is 0 Å². The summed E-state index contributed by atoms with van der Waals surface area (Å²) in [5.41, 5.74) is 1.29. The third kappa shape index (κ3) is 5.28. The van der Waals surface area contributed by atoms with Crippen molar-refractivity contribution in [3.63, 3.8) is 0 Å². The zero-order valence-electron chi connectivity index (χ0n) is 13.8. The first-order valence-corrected chi connectivity index (χ1v) is 7.87. The number of hydrogen-bond acceptors (Lipinski definition) is 2. The molecule has 0 aliphatic carbocycles. The first kappa shape index (κ1) is 17.8. The summed E-state index contributed by atoms with van der Waals surface area (Å²) in [6.45, 7) is 5.51. The van der Waals surface area contributed by atoms with Crippen LogP contribution in [0.4, 0.5) is 21.9 Å². The molecule has 6 heteroatoms. The molecule has 0 unspecified atom stereocenters. The zero-order chi connectivity index (χ0) is 17.7. The van der Waals surface area contributed by atoms with Gasteiger partial charge in [-0.15, -0.1) is 0 Å². The highest BCUT2D eigenvalue weighted by atomic mass is 35.5. The molecule has 0 heterocycles. The van der Waals surface area contributed by atoms with E-state index in [1.807, 2.05) is 20.8 Å². The van der Waals surface area contributed by atoms with Crippen LogP contribution in [0.5, 0.6) is 0 Å². The number of amides is 3. The Labute approximate surface area is 146 Å². The SMILES string of the molecule is CC(C)(C)C(=O)Nc1cccc(NC(=O)Nc2cccc(Cl)c2)c1. The average molecular weight is 346 g/mol. The normalized spacial score (nSPS) is 10.8. The molecule has 2 aromatic carbocycles. The molecule has 5 nitrogen and oxygen atoms in total. The highest BCUT2D eigenvalue weighted by Gasteiger charge is 2.21. The topological polar surface area (TPSA) is 70.2 Å². The molecule has 3 amide bonds. The molecule has 0 radical (unpaired) electrons. The van der Waals surface area contributed by atoms with Crippen molar-refractivity contribution in [1.29, 1.82) is 0 Å². The summed E-state index contributed by atoms with van der Waals surface area (Å²) in [7, 11) is 0. The number of urea groups is 1. The summed E-state index contributed by atoms with van der Waals surface area (Å²) in [5, 5.41) is 8.78. The van der Waals surface area contributed by atoms with Crippen LogP contribution in [0.3, 0.4) is 0 Å². The molecule has 2 rings (SSSR count). The van der Waals surface area contributed by atoms with Gasteiger partial charge in [0.15, 0.2) is 0 Å². The lowest BCUT2D eigenvalue weighted by atomic mass is 9.95. The summed E-state index contributed by atoms with van der Waals surface area (Å²) in [4.78, 5) is 24.1. The van der Waals surface area contributed by atoms with Crippen LogP contribution in [0.1, 0.15) is 20.8 Å². The lowest BCUT2D eigenvalue weighted by Crippen LogP contribution is -2.27. The van der Waals surface area contributed by atoms with E-state index in [1.54, 1.807) is 48.5 Å². The summed E-state index contributed by atoms with van der Waals surface area (Å²) in [6, 6.07) is 13.4. The van der Waals surface area contributed by atoms with Crippen molar-refractivity contribution in [2.24, 2.45) is 5.41 Å².